The molecule has 0 spiro atoms. The summed E-state index contributed by atoms with van der Waals surface area (Å²) >= 11 is 2.85. The number of carbonyl (C=O) groups is 1. The van der Waals surface area contributed by atoms with Crippen LogP contribution in [0.4, 0.5) is 4.39 Å². The van der Waals surface area contributed by atoms with Gasteiger partial charge in [0, 0.05) is 21.6 Å². The Morgan fingerprint density at radius 1 is 0.939 bits per heavy atom. The van der Waals surface area contributed by atoms with Crippen molar-refractivity contribution in [2.45, 2.75) is 24.5 Å². The molecular formula is C40H31FN2O4S2. The van der Waals surface area contributed by atoms with Crippen LogP contribution in [0.1, 0.15) is 35.2 Å². The lowest BCUT2D eigenvalue weighted by molar-refractivity contribution is -0.138. The van der Waals surface area contributed by atoms with Crippen molar-refractivity contribution in [2.24, 2.45) is 4.99 Å². The molecule has 0 amide bonds. The van der Waals surface area contributed by atoms with Crippen LogP contribution in [0.15, 0.2) is 136 Å². The van der Waals surface area contributed by atoms with E-state index in [-0.39, 0.29) is 24.6 Å². The normalized spacial score (nSPS) is 14.4. The molecule has 5 aromatic carbocycles. The van der Waals surface area contributed by atoms with Gasteiger partial charge < -0.3 is 9.47 Å². The zero-order chi connectivity index (χ0) is 33.9. The third-order valence-electron chi connectivity index (χ3n) is 8.35. The minimum atomic E-state index is -0.784. The smallest absolute Gasteiger partial charge is 0.338 e. The number of hydrogen-bond donors (Lipinski definition) is 0. The molecule has 0 bridgehead atoms. The predicted molar refractivity (Wildman–Crippen MR) is 194 cm³/mol. The molecule has 0 unspecified atom stereocenters. The number of halogens is 1. The van der Waals surface area contributed by atoms with Crippen molar-refractivity contribution in [3.05, 3.63) is 169 Å². The fraction of sp³-hybridized carbons (Fsp3) is 0.125. The van der Waals surface area contributed by atoms with E-state index < -0.39 is 12.0 Å². The molecule has 1 aliphatic rings. The maximum Gasteiger partial charge on any atom is 0.338 e. The van der Waals surface area contributed by atoms with Crippen molar-refractivity contribution in [3.8, 4) is 5.75 Å². The predicted octanol–water partition coefficient (Wildman–Crippen LogP) is 7.53. The summed E-state index contributed by atoms with van der Waals surface area (Å²) < 4.78 is 28.3. The maximum absolute atomic E-state index is 14.6. The van der Waals surface area contributed by atoms with E-state index in [1.165, 1.54) is 17.4 Å². The number of thioether (sulfide) groups is 1. The lowest BCUT2D eigenvalue weighted by Gasteiger charge is -2.26. The molecule has 0 saturated heterocycles. The summed E-state index contributed by atoms with van der Waals surface area (Å²) in [6.07, 6.45) is 3.81. The summed E-state index contributed by atoms with van der Waals surface area (Å²) in [7, 11) is 0. The second-order valence-electron chi connectivity index (χ2n) is 11.3. The third-order valence-corrected chi connectivity index (χ3v) is 10.1. The van der Waals surface area contributed by atoms with E-state index >= 15 is 0 Å². The molecule has 1 aliphatic heterocycles. The van der Waals surface area contributed by atoms with Crippen LogP contribution >= 0.6 is 23.1 Å². The van der Waals surface area contributed by atoms with Crippen LogP contribution < -0.4 is 19.6 Å². The fourth-order valence-electron chi connectivity index (χ4n) is 5.99. The standard InChI is InChI=1S/C40H31FN2O4S2/c1-3-46-39(45)35-36(26-12-5-4-6-13-26)42-40-43(37(35)27-17-20-29(48-2)21-18-27)38(44)34(49-40)23-31-30-15-9-7-11-25(30)19-22-33(31)47-24-28-14-8-10-16-32(28)41/h4-23,37H,3,24H2,1-2H3/b34-23-/t37-/m0/s1. The molecule has 0 saturated carbocycles. The molecule has 2 heterocycles. The molecular weight excluding hydrogens is 656 g/mol. The monoisotopic (exact) mass is 686 g/mol. The lowest BCUT2D eigenvalue weighted by atomic mass is 9.93. The molecule has 1 aromatic heterocycles. The first-order chi connectivity index (χ1) is 24.0. The van der Waals surface area contributed by atoms with Gasteiger partial charge in [-0.25, -0.2) is 14.2 Å². The average Bonchev–Trinajstić information content (AvgIpc) is 3.45. The Kier molecular flexibility index (Phi) is 9.28. The Morgan fingerprint density at radius 3 is 2.43 bits per heavy atom. The maximum atomic E-state index is 14.6. The number of carbonyl (C=O) groups excluding carboxylic acids is 1. The summed E-state index contributed by atoms with van der Waals surface area (Å²) in [4.78, 5) is 34.9. The third kappa shape index (κ3) is 6.35. The van der Waals surface area contributed by atoms with Crippen LogP contribution in [-0.2, 0) is 16.1 Å². The molecule has 0 fully saturated rings. The van der Waals surface area contributed by atoms with Crippen LogP contribution in [0.2, 0.25) is 0 Å². The summed E-state index contributed by atoms with van der Waals surface area (Å²) in [6.45, 7) is 1.94. The first kappa shape index (κ1) is 32.3. The number of thiazole rings is 1. The van der Waals surface area contributed by atoms with Gasteiger partial charge in [0.15, 0.2) is 4.80 Å². The second kappa shape index (κ2) is 14.1. The van der Waals surface area contributed by atoms with Crippen LogP contribution in [0.5, 0.6) is 5.75 Å². The van der Waals surface area contributed by atoms with Gasteiger partial charge in [0.25, 0.3) is 5.56 Å². The number of hydrogen-bond acceptors (Lipinski definition) is 7. The minimum Gasteiger partial charge on any atom is -0.488 e. The number of ether oxygens (including phenoxy) is 2. The first-order valence-corrected chi connectivity index (χ1v) is 17.8. The summed E-state index contributed by atoms with van der Waals surface area (Å²) in [6, 6.07) is 34.7. The number of rotatable bonds is 9. The quantitative estimate of drug-likeness (QED) is 0.116. The van der Waals surface area contributed by atoms with Gasteiger partial charge in [-0.1, -0.05) is 102 Å². The second-order valence-corrected chi connectivity index (χ2v) is 13.2. The molecule has 0 aliphatic carbocycles. The zero-order valence-corrected chi connectivity index (χ0v) is 28.4. The summed E-state index contributed by atoms with van der Waals surface area (Å²) in [5, 5.41) is 1.84. The van der Waals surface area contributed by atoms with Crippen molar-refractivity contribution < 1.29 is 18.7 Å². The zero-order valence-electron chi connectivity index (χ0n) is 26.8. The Morgan fingerprint density at radius 2 is 1.67 bits per heavy atom. The van der Waals surface area contributed by atoms with Crippen LogP contribution in [-0.4, -0.2) is 23.4 Å². The largest absolute Gasteiger partial charge is 0.488 e. The fourth-order valence-corrected chi connectivity index (χ4v) is 7.39. The van der Waals surface area contributed by atoms with E-state index in [9.17, 15) is 14.0 Å². The molecule has 1 atom stereocenters. The van der Waals surface area contributed by atoms with Gasteiger partial charge in [0.2, 0.25) is 0 Å². The molecule has 7 rings (SSSR count). The molecule has 6 aromatic rings. The van der Waals surface area contributed by atoms with E-state index in [4.69, 9.17) is 14.5 Å². The highest BCUT2D eigenvalue weighted by atomic mass is 32.2. The highest BCUT2D eigenvalue weighted by Crippen LogP contribution is 2.36. The Labute approximate surface area is 290 Å². The molecule has 244 valence electrons. The van der Waals surface area contributed by atoms with E-state index in [0.29, 0.717) is 37.5 Å². The highest BCUT2D eigenvalue weighted by molar-refractivity contribution is 7.98. The van der Waals surface area contributed by atoms with Crippen LogP contribution in [0.3, 0.4) is 0 Å². The van der Waals surface area contributed by atoms with Crippen molar-refractivity contribution in [1.82, 2.24) is 4.57 Å². The van der Waals surface area contributed by atoms with E-state index in [2.05, 4.69) is 0 Å². The van der Waals surface area contributed by atoms with Crippen molar-refractivity contribution >= 4 is 51.6 Å². The summed E-state index contributed by atoms with van der Waals surface area (Å²) in [5.74, 6) is -0.374. The van der Waals surface area contributed by atoms with Gasteiger partial charge in [-0.15, -0.1) is 11.8 Å². The number of aromatic nitrogens is 1. The number of nitrogens with zero attached hydrogens (tertiary/aromatic N) is 2. The topological polar surface area (TPSA) is 69.9 Å². The lowest BCUT2D eigenvalue weighted by Crippen LogP contribution is -2.40. The Bertz CT molecular complexity index is 2400. The van der Waals surface area contributed by atoms with E-state index in [1.54, 1.807) is 41.5 Å². The van der Waals surface area contributed by atoms with Gasteiger partial charge in [-0.2, -0.15) is 0 Å². The van der Waals surface area contributed by atoms with Gasteiger partial charge in [0.1, 0.15) is 18.2 Å². The minimum absolute atomic E-state index is 0.0163. The molecule has 9 heteroatoms. The SMILES string of the molecule is CCOC(=O)C1=C(c2ccccc2)N=c2s/c(=C\c3c(OCc4ccccc4F)ccc4ccccc34)c(=O)n2[C@H]1c1ccc(SC)cc1. The molecule has 49 heavy (non-hydrogen) atoms. The number of benzene rings is 5. The van der Waals surface area contributed by atoms with Crippen molar-refractivity contribution in [2.75, 3.05) is 12.9 Å². The summed E-state index contributed by atoms with van der Waals surface area (Å²) in [5.41, 5.74) is 3.07. The van der Waals surface area contributed by atoms with Gasteiger partial charge >= 0.3 is 5.97 Å². The molecule has 0 radical (unpaired) electrons. The van der Waals surface area contributed by atoms with Crippen molar-refractivity contribution in [3.63, 3.8) is 0 Å². The van der Waals surface area contributed by atoms with Crippen molar-refractivity contribution in [1.29, 1.82) is 0 Å². The van der Waals surface area contributed by atoms with Crippen LogP contribution in [0.25, 0.3) is 22.5 Å². The van der Waals surface area contributed by atoms with E-state index in [0.717, 1.165) is 26.8 Å². The first-order valence-electron chi connectivity index (χ1n) is 15.8. The number of esters is 1. The highest BCUT2D eigenvalue weighted by Gasteiger charge is 2.35. The van der Waals surface area contributed by atoms with Gasteiger partial charge in [0.05, 0.1) is 28.5 Å². The number of fused-ring (bicyclic) bond motifs is 2. The van der Waals surface area contributed by atoms with E-state index in [1.807, 2.05) is 103 Å². The molecule has 6 nitrogen and oxygen atoms in total. The Hall–Kier alpha value is -5.25. The van der Waals surface area contributed by atoms with Crippen LogP contribution in [0, 0.1) is 5.82 Å². The Balaban J connectivity index is 1.46. The molecule has 0 N–H and O–H groups in total. The van der Waals surface area contributed by atoms with Gasteiger partial charge in [-0.3, -0.25) is 9.36 Å². The average molecular weight is 687 g/mol. The van der Waals surface area contributed by atoms with Gasteiger partial charge in [-0.05, 0) is 59.9 Å².